The molecule has 0 saturated heterocycles. The van der Waals surface area contributed by atoms with Crippen LogP contribution in [0.5, 0.6) is 0 Å². The molecule has 0 fully saturated rings. The van der Waals surface area contributed by atoms with Crippen molar-refractivity contribution in [2.24, 2.45) is 0 Å². The average molecular weight is 767 g/mol. The van der Waals surface area contributed by atoms with E-state index in [4.69, 9.17) is 0 Å². The standard InChI is InChI=1S/C58H42N2/c1-5-19-43(20-6-1)52-29-13-15-33-56(52)59(48-25-9-3-10-26-48)50-39-35-45(36-40-50)54-31-17-23-47-24-18-32-55(58(47)54)46-37-41-51(42-38-46)60(49-27-11-4-12-28-49)57-34-16-14-30-53(57)44-21-7-2-8-22-44/h1-42H. The van der Waals surface area contributed by atoms with Crippen LogP contribution in [0.3, 0.4) is 0 Å². The van der Waals surface area contributed by atoms with Gasteiger partial charge in [-0.2, -0.15) is 0 Å². The highest BCUT2D eigenvalue weighted by atomic mass is 15.1. The molecule has 2 heteroatoms. The van der Waals surface area contributed by atoms with Crippen LogP contribution in [-0.4, -0.2) is 0 Å². The molecule has 0 N–H and O–H groups in total. The van der Waals surface area contributed by atoms with Crippen LogP contribution in [0.15, 0.2) is 255 Å². The van der Waals surface area contributed by atoms with E-state index < -0.39 is 0 Å². The molecule has 0 heterocycles. The first-order chi connectivity index (χ1) is 29.8. The summed E-state index contributed by atoms with van der Waals surface area (Å²) in [6.07, 6.45) is 0. The first kappa shape index (κ1) is 36.4. The maximum Gasteiger partial charge on any atom is 0.0540 e. The highest BCUT2D eigenvalue weighted by Gasteiger charge is 2.19. The van der Waals surface area contributed by atoms with E-state index in [2.05, 4.69) is 265 Å². The van der Waals surface area contributed by atoms with Crippen LogP contribution in [-0.2, 0) is 0 Å². The Bertz CT molecular complexity index is 2790. The second kappa shape index (κ2) is 16.5. The molecule has 10 rings (SSSR count). The smallest absolute Gasteiger partial charge is 0.0540 e. The molecule has 0 saturated carbocycles. The van der Waals surface area contributed by atoms with Gasteiger partial charge in [-0.1, -0.05) is 194 Å². The summed E-state index contributed by atoms with van der Waals surface area (Å²) in [7, 11) is 0. The van der Waals surface area contributed by atoms with Gasteiger partial charge in [-0.3, -0.25) is 0 Å². The molecule has 0 bridgehead atoms. The Balaban J connectivity index is 1.04. The summed E-state index contributed by atoms with van der Waals surface area (Å²) in [6, 6.07) is 91.3. The maximum atomic E-state index is 2.36. The average Bonchev–Trinajstić information content (AvgIpc) is 3.33. The van der Waals surface area contributed by atoms with E-state index in [1.165, 1.54) is 55.3 Å². The fraction of sp³-hybridized carbons (Fsp3) is 0. The van der Waals surface area contributed by atoms with Crippen molar-refractivity contribution in [3.63, 3.8) is 0 Å². The number of nitrogens with zero attached hydrogens (tertiary/aromatic N) is 2. The van der Waals surface area contributed by atoms with Gasteiger partial charge in [-0.25, -0.2) is 0 Å². The predicted molar refractivity (Wildman–Crippen MR) is 255 cm³/mol. The Morgan fingerprint density at radius 1 is 0.200 bits per heavy atom. The number of hydrogen-bond donors (Lipinski definition) is 0. The van der Waals surface area contributed by atoms with Crippen molar-refractivity contribution in [3.8, 4) is 44.5 Å². The lowest BCUT2D eigenvalue weighted by Gasteiger charge is -2.28. The summed E-state index contributed by atoms with van der Waals surface area (Å²) in [6.45, 7) is 0. The molecule has 0 aliphatic heterocycles. The zero-order chi connectivity index (χ0) is 40.1. The second-order valence-corrected chi connectivity index (χ2v) is 14.9. The van der Waals surface area contributed by atoms with Crippen LogP contribution in [0.4, 0.5) is 34.1 Å². The quantitative estimate of drug-likeness (QED) is 0.137. The molecule has 10 aromatic carbocycles. The molecule has 0 unspecified atom stereocenters. The van der Waals surface area contributed by atoms with E-state index in [0.29, 0.717) is 0 Å². The van der Waals surface area contributed by atoms with Gasteiger partial charge in [0.25, 0.3) is 0 Å². The van der Waals surface area contributed by atoms with Crippen molar-refractivity contribution >= 4 is 44.9 Å². The first-order valence-electron chi connectivity index (χ1n) is 20.5. The van der Waals surface area contributed by atoms with Crippen molar-refractivity contribution in [2.45, 2.75) is 0 Å². The lowest BCUT2D eigenvalue weighted by atomic mass is 9.91. The normalized spacial score (nSPS) is 11.0. The first-order valence-corrected chi connectivity index (χ1v) is 20.5. The largest absolute Gasteiger partial charge is 0.310 e. The van der Waals surface area contributed by atoms with Gasteiger partial charge in [0.2, 0.25) is 0 Å². The van der Waals surface area contributed by atoms with Crippen LogP contribution in [0.2, 0.25) is 0 Å². The fourth-order valence-electron chi connectivity index (χ4n) is 8.47. The summed E-state index contributed by atoms with van der Waals surface area (Å²) >= 11 is 0. The molecule has 2 nitrogen and oxygen atoms in total. The van der Waals surface area contributed by atoms with E-state index in [0.717, 1.165) is 34.1 Å². The minimum Gasteiger partial charge on any atom is -0.310 e. The predicted octanol–water partition coefficient (Wildman–Crippen LogP) is 16.4. The number of fused-ring (bicyclic) bond motifs is 1. The highest BCUT2D eigenvalue weighted by Crippen LogP contribution is 2.44. The Labute approximate surface area is 352 Å². The molecule has 0 amide bonds. The molecule has 10 aromatic rings. The Hall–Kier alpha value is -7.94. The number of anilines is 6. The van der Waals surface area contributed by atoms with Gasteiger partial charge in [0, 0.05) is 33.9 Å². The van der Waals surface area contributed by atoms with Gasteiger partial charge in [0.1, 0.15) is 0 Å². The van der Waals surface area contributed by atoms with Crippen molar-refractivity contribution < 1.29 is 0 Å². The lowest BCUT2D eigenvalue weighted by Crippen LogP contribution is -2.11. The summed E-state index contributed by atoms with van der Waals surface area (Å²) < 4.78 is 0. The SMILES string of the molecule is c1ccc(-c2ccccc2N(c2ccccc2)c2ccc(-c3cccc4cccc(-c5ccc(N(c6ccccc6)c6ccccc6-c6ccccc6)cc5)c34)cc2)cc1. The van der Waals surface area contributed by atoms with E-state index >= 15 is 0 Å². The molecule has 0 aromatic heterocycles. The number of benzene rings is 10. The van der Waals surface area contributed by atoms with E-state index in [-0.39, 0.29) is 0 Å². The van der Waals surface area contributed by atoms with Gasteiger partial charge >= 0.3 is 0 Å². The fourth-order valence-corrected chi connectivity index (χ4v) is 8.47. The van der Waals surface area contributed by atoms with Crippen LogP contribution in [0.1, 0.15) is 0 Å². The molecular weight excluding hydrogens is 725 g/mol. The zero-order valence-electron chi connectivity index (χ0n) is 33.1. The third-order valence-electron chi connectivity index (χ3n) is 11.3. The van der Waals surface area contributed by atoms with Gasteiger partial charge in [0.15, 0.2) is 0 Å². The van der Waals surface area contributed by atoms with Gasteiger partial charge < -0.3 is 9.80 Å². The van der Waals surface area contributed by atoms with Gasteiger partial charge in [-0.15, -0.1) is 0 Å². The molecule has 284 valence electrons. The van der Waals surface area contributed by atoms with Crippen LogP contribution in [0, 0.1) is 0 Å². The van der Waals surface area contributed by atoms with Crippen molar-refractivity contribution in [3.05, 3.63) is 255 Å². The van der Waals surface area contributed by atoms with Crippen LogP contribution in [0.25, 0.3) is 55.3 Å². The number of para-hydroxylation sites is 4. The topological polar surface area (TPSA) is 6.48 Å². The Kier molecular flexibility index (Phi) is 10.0. The highest BCUT2D eigenvalue weighted by molar-refractivity contribution is 6.07. The number of rotatable bonds is 10. The molecular formula is C58H42N2. The number of hydrogen-bond acceptors (Lipinski definition) is 2. The van der Waals surface area contributed by atoms with E-state index in [1.54, 1.807) is 0 Å². The van der Waals surface area contributed by atoms with Gasteiger partial charge in [0.05, 0.1) is 11.4 Å². The molecule has 0 radical (unpaired) electrons. The lowest BCUT2D eigenvalue weighted by molar-refractivity contribution is 1.28. The van der Waals surface area contributed by atoms with Crippen molar-refractivity contribution in [1.82, 2.24) is 0 Å². The molecule has 0 aliphatic carbocycles. The molecule has 0 atom stereocenters. The molecule has 0 aliphatic rings. The van der Waals surface area contributed by atoms with Crippen LogP contribution < -0.4 is 9.80 Å². The summed E-state index contributed by atoms with van der Waals surface area (Å²) in [5.74, 6) is 0. The van der Waals surface area contributed by atoms with Crippen molar-refractivity contribution in [2.75, 3.05) is 9.80 Å². The zero-order valence-corrected chi connectivity index (χ0v) is 33.1. The van der Waals surface area contributed by atoms with Crippen LogP contribution >= 0.6 is 0 Å². The Morgan fingerprint density at radius 3 is 0.900 bits per heavy atom. The molecule has 60 heavy (non-hydrogen) atoms. The summed E-state index contributed by atoms with van der Waals surface area (Å²) in [5.41, 5.74) is 16.2. The minimum atomic E-state index is 1.10. The molecule has 0 spiro atoms. The maximum absolute atomic E-state index is 2.36. The van der Waals surface area contributed by atoms with E-state index in [9.17, 15) is 0 Å². The summed E-state index contributed by atoms with van der Waals surface area (Å²) in [5, 5.41) is 2.45. The second-order valence-electron chi connectivity index (χ2n) is 14.9. The van der Waals surface area contributed by atoms with Crippen molar-refractivity contribution in [1.29, 1.82) is 0 Å². The van der Waals surface area contributed by atoms with Gasteiger partial charge in [-0.05, 0) is 105 Å². The van der Waals surface area contributed by atoms with E-state index in [1.807, 2.05) is 0 Å². The summed E-state index contributed by atoms with van der Waals surface area (Å²) in [4.78, 5) is 4.72. The monoisotopic (exact) mass is 766 g/mol. The third-order valence-corrected chi connectivity index (χ3v) is 11.3. The third kappa shape index (κ3) is 7.12. The minimum absolute atomic E-state index is 1.10. The Morgan fingerprint density at radius 2 is 0.500 bits per heavy atom.